The zero-order valence-electron chi connectivity index (χ0n) is 13.1. The fraction of sp³-hybridized carbons (Fsp3) is 0.600. The molecule has 0 bridgehead atoms. The van der Waals surface area contributed by atoms with E-state index in [1.807, 2.05) is 12.1 Å². The molecule has 1 aliphatic heterocycles. The predicted octanol–water partition coefficient (Wildman–Crippen LogP) is 2.33. The molecule has 122 valence electrons. The van der Waals surface area contributed by atoms with Crippen molar-refractivity contribution in [1.29, 1.82) is 0 Å². The van der Waals surface area contributed by atoms with E-state index in [2.05, 4.69) is 20.5 Å². The largest absolute Gasteiger partial charge is 0.359 e. The molecule has 1 aliphatic rings. The Bertz CT molecular complexity index is 523. The molecule has 0 radical (unpaired) electrons. The molecule has 1 aromatic heterocycles. The Hall–Kier alpha value is -1.27. The van der Waals surface area contributed by atoms with Crippen LogP contribution < -0.4 is 10.6 Å². The maximum Gasteiger partial charge on any atom is 0.220 e. The molecule has 1 aromatic rings. The molecule has 2 N–H and O–H groups in total. The molecule has 22 heavy (non-hydrogen) atoms. The van der Waals surface area contributed by atoms with Crippen LogP contribution in [-0.2, 0) is 11.3 Å². The van der Waals surface area contributed by atoms with E-state index in [1.54, 1.807) is 25.4 Å². The molecule has 1 fully saturated rings. The summed E-state index contributed by atoms with van der Waals surface area (Å²) in [5.74, 6) is 1.53. The van der Waals surface area contributed by atoms with E-state index in [1.165, 1.54) is 4.88 Å². The van der Waals surface area contributed by atoms with E-state index >= 15 is 0 Å². The first-order chi connectivity index (χ1) is 10.6. The van der Waals surface area contributed by atoms with E-state index in [0.29, 0.717) is 12.3 Å². The standard InChI is InChI=1S/C15H23ClN4OS/c1-17-14(21)9-11-5-7-20(8-6-11)15(18-2)19-10-12-3-4-13(16)22-12/h3-4,11H,5-10H2,1-2H3,(H,17,21)(H,18,19). The molecule has 0 aromatic carbocycles. The van der Waals surface area contributed by atoms with E-state index in [4.69, 9.17) is 11.6 Å². The minimum absolute atomic E-state index is 0.135. The molecule has 1 saturated heterocycles. The van der Waals surface area contributed by atoms with Crippen molar-refractivity contribution in [2.75, 3.05) is 27.2 Å². The van der Waals surface area contributed by atoms with Gasteiger partial charge in [0.05, 0.1) is 10.9 Å². The first-order valence-electron chi connectivity index (χ1n) is 7.52. The maximum absolute atomic E-state index is 11.4. The number of nitrogens with one attached hydrogen (secondary N) is 2. The summed E-state index contributed by atoms with van der Waals surface area (Å²) in [5.41, 5.74) is 0. The zero-order chi connectivity index (χ0) is 15.9. The highest BCUT2D eigenvalue weighted by molar-refractivity contribution is 7.16. The second-order valence-electron chi connectivity index (χ2n) is 5.41. The van der Waals surface area contributed by atoms with Gasteiger partial charge in [0.2, 0.25) is 5.91 Å². The Kier molecular flexibility index (Phi) is 6.51. The van der Waals surface area contributed by atoms with Gasteiger partial charge in [0.1, 0.15) is 0 Å². The number of guanidine groups is 1. The van der Waals surface area contributed by atoms with Gasteiger partial charge < -0.3 is 15.5 Å². The van der Waals surface area contributed by atoms with Crippen molar-refractivity contribution in [3.8, 4) is 0 Å². The molecule has 0 atom stereocenters. The van der Waals surface area contributed by atoms with Crippen LogP contribution in [0.15, 0.2) is 17.1 Å². The summed E-state index contributed by atoms with van der Waals surface area (Å²) in [6, 6.07) is 3.94. The lowest BCUT2D eigenvalue weighted by Crippen LogP contribution is -2.45. The first-order valence-corrected chi connectivity index (χ1v) is 8.72. The number of piperidine rings is 1. The smallest absolute Gasteiger partial charge is 0.220 e. The number of carbonyl (C=O) groups excluding carboxylic acids is 1. The van der Waals surface area contributed by atoms with Crippen molar-refractivity contribution in [1.82, 2.24) is 15.5 Å². The number of carbonyl (C=O) groups is 1. The van der Waals surface area contributed by atoms with E-state index < -0.39 is 0 Å². The monoisotopic (exact) mass is 342 g/mol. The SMILES string of the molecule is CN=C(NCc1ccc(Cl)s1)N1CCC(CC(=O)NC)CC1. The van der Waals surface area contributed by atoms with Crippen LogP contribution in [0, 0.1) is 5.92 Å². The molecule has 0 aliphatic carbocycles. The Balaban J connectivity index is 1.79. The number of aliphatic imine (C=N–C) groups is 1. The quantitative estimate of drug-likeness (QED) is 0.652. The van der Waals surface area contributed by atoms with Gasteiger partial charge in [-0.2, -0.15) is 0 Å². The van der Waals surface area contributed by atoms with Gasteiger partial charge in [0.15, 0.2) is 5.96 Å². The van der Waals surface area contributed by atoms with Gasteiger partial charge in [-0.25, -0.2) is 0 Å². The number of likely N-dealkylation sites (tertiary alicyclic amines) is 1. The van der Waals surface area contributed by atoms with Crippen LogP contribution in [0.4, 0.5) is 0 Å². The summed E-state index contributed by atoms with van der Waals surface area (Å²) in [5, 5.41) is 6.08. The predicted molar refractivity (Wildman–Crippen MR) is 92.5 cm³/mol. The third-order valence-electron chi connectivity index (χ3n) is 3.93. The normalized spacial score (nSPS) is 16.7. The number of rotatable bonds is 4. The maximum atomic E-state index is 11.4. The van der Waals surface area contributed by atoms with Gasteiger partial charge in [-0.05, 0) is 30.9 Å². The molecule has 0 unspecified atom stereocenters. The van der Waals surface area contributed by atoms with Gasteiger partial charge >= 0.3 is 0 Å². The second kappa shape index (κ2) is 8.39. The molecule has 7 heteroatoms. The van der Waals surface area contributed by atoms with Crippen molar-refractivity contribution in [3.63, 3.8) is 0 Å². The van der Waals surface area contributed by atoms with Crippen LogP contribution in [-0.4, -0.2) is 44.0 Å². The van der Waals surface area contributed by atoms with Crippen molar-refractivity contribution < 1.29 is 4.79 Å². The summed E-state index contributed by atoms with van der Waals surface area (Å²) >= 11 is 7.53. The van der Waals surface area contributed by atoms with Gasteiger partial charge in [0, 0.05) is 38.5 Å². The minimum Gasteiger partial charge on any atom is -0.359 e. The van der Waals surface area contributed by atoms with Crippen molar-refractivity contribution in [3.05, 3.63) is 21.3 Å². The van der Waals surface area contributed by atoms with Crippen LogP contribution in [0.2, 0.25) is 4.34 Å². The molecule has 0 spiro atoms. The van der Waals surface area contributed by atoms with Gasteiger partial charge in [-0.15, -0.1) is 11.3 Å². The fourth-order valence-electron chi connectivity index (χ4n) is 2.66. The van der Waals surface area contributed by atoms with Crippen LogP contribution in [0.5, 0.6) is 0 Å². The molecular formula is C15H23ClN4OS. The van der Waals surface area contributed by atoms with Gasteiger partial charge in [-0.1, -0.05) is 11.6 Å². The molecule has 5 nitrogen and oxygen atoms in total. The topological polar surface area (TPSA) is 56.7 Å². The zero-order valence-corrected chi connectivity index (χ0v) is 14.6. The summed E-state index contributed by atoms with van der Waals surface area (Å²) in [6.45, 7) is 2.61. The highest BCUT2D eigenvalue weighted by atomic mass is 35.5. The van der Waals surface area contributed by atoms with Gasteiger partial charge in [-0.3, -0.25) is 9.79 Å². The Labute approximate surface area is 140 Å². The average Bonchev–Trinajstić information content (AvgIpc) is 2.95. The Morgan fingerprint density at radius 1 is 1.45 bits per heavy atom. The van der Waals surface area contributed by atoms with Crippen LogP contribution in [0.25, 0.3) is 0 Å². The summed E-state index contributed by atoms with van der Waals surface area (Å²) in [6.07, 6.45) is 2.68. The van der Waals surface area contributed by atoms with Crippen LogP contribution in [0.3, 0.4) is 0 Å². The van der Waals surface area contributed by atoms with E-state index in [9.17, 15) is 4.79 Å². The minimum atomic E-state index is 0.135. The summed E-state index contributed by atoms with van der Waals surface area (Å²) in [7, 11) is 3.50. The summed E-state index contributed by atoms with van der Waals surface area (Å²) in [4.78, 5) is 19.3. The Morgan fingerprint density at radius 2 is 2.18 bits per heavy atom. The molecule has 2 heterocycles. The third kappa shape index (κ3) is 4.88. The van der Waals surface area contributed by atoms with E-state index in [-0.39, 0.29) is 5.91 Å². The van der Waals surface area contributed by atoms with Crippen molar-refractivity contribution >= 4 is 34.8 Å². The number of amides is 1. The van der Waals surface area contributed by atoms with Crippen LogP contribution >= 0.6 is 22.9 Å². The lowest BCUT2D eigenvalue weighted by molar-refractivity contribution is -0.121. The average molecular weight is 343 g/mol. The number of hydrogen-bond acceptors (Lipinski definition) is 3. The number of hydrogen-bond donors (Lipinski definition) is 2. The number of halogens is 1. The lowest BCUT2D eigenvalue weighted by Gasteiger charge is -2.34. The Morgan fingerprint density at radius 3 is 2.73 bits per heavy atom. The molecule has 0 saturated carbocycles. The molecule has 2 rings (SSSR count). The number of nitrogens with zero attached hydrogens (tertiary/aromatic N) is 2. The van der Waals surface area contributed by atoms with Crippen molar-refractivity contribution in [2.45, 2.75) is 25.8 Å². The third-order valence-corrected chi connectivity index (χ3v) is 5.16. The highest BCUT2D eigenvalue weighted by Crippen LogP contribution is 2.22. The first kappa shape index (κ1) is 17.1. The second-order valence-corrected chi connectivity index (χ2v) is 7.21. The lowest BCUT2D eigenvalue weighted by atomic mass is 9.93. The molecule has 1 amide bonds. The highest BCUT2D eigenvalue weighted by Gasteiger charge is 2.23. The van der Waals surface area contributed by atoms with Crippen molar-refractivity contribution in [2.24, 2.45) is 10.9 Å². The fourth-order valence-corrected chi connectivity index (χ4v) is 3.69. The molecular weight excluding hydrogens is 320 g/mol. The number of thiophene rings is 1. The summed E-state index contributed by atoms with van der Waals surface area (Å²) < 4.78 is 0.807. The van der Waals surface area contributed by atoms with E-state index in [0.717, 1.165) is 42.8 Å². The van der Waals surface area contributed by atoms with Crippen LogP contribution in [0.1, 0.15) is 24.1 Å². The van der Waals surface area contributed by atoms with Gasteiger partial charge in [0.25, 0.3) is 0 Å².